The van der Waals surface area contributed by atoms with Crippen LogP contribution in [0.1, 0.15) is 41.2 Å². The first kappa shape index (κ1) is 25.4. The van der Waals surface area contributed by atoms with E-state index < -0.39 is 5.97 Å². The van der Waals surface area contributed by atoms with Crippen LogP contribution in [0.5, 0.6) is 0 Å². The summed E-state index contributed by atoms with van der Waals surface area (Å²) < 4.78 is 0.957. The van der Waals surface area contributed by atoms with Gasteiger partial charge in [0.05, 0.1) is 12.1 Å². The molecule has 0 spiro atoms. The second kappa shape index (κ2) is 12.3. The lowest BCUT2D eigenvalue weighted by Crippen LogP contribution is -2.36. The lowest BCUT2D eigenvalue weighted by molar-refractivity contribution is -0.137. The number of aliphatic carboxylic acids is 1. The minimum atomic E-state index is -0.825. The third kappa shape index (κ3) is 6.91. The summed E-state index contributed by atoms with van der Waals surface area (Å²) in [5.74, 6) is -0.0659. The number of aryl methyl sites for hydroxylation is 1. The van der Waals surface area contributed by atoms with Crippen molar-refractivity contribution in [1.29, 1.82) is 0 Å². The third-order valence-corrected chi connectivity index (χ3v) is 6.37. The zero-order valence-electron chi connectivity index (χ0n) is 19.8. The molecule has 0 aliphatic rings. The van der Waals surface area contributed by atoms with Crippen molar-refractivity contribution >= 4 is 33.4 Å². The lowest BCUT2D eigenvalue weighted by Gasteiger charge is -2.28. The van der Waals surface area contributed by atoms with E-state index in [0.717, 1.165) is 39.8 Å². The molecule has 0 saturated carbocycles. The molecule has 0 amide bonds. The van der Waals surface area contributed by atoms with E-state index in [0.29, 0.717) is 18.8 Å². The Morgan fingerprint density at radius 2 is 1.76 bits per heavy atom. The Balaban J connectivity index is 2.07. The van der Waals surface area contributed by atoms with E-state index in [9.17, 15) is 9.90 Å². The third-order valence-electron chi connectivity index (χ3n) is 5.87. The van der Waals surface area contributed by atoms with Gasteiger partial charge in [0, 0.05) is 28.7 Å². The number of halogens is 1. The quantitative estimate of drug-likeness (QED) is 0.238. The number of rotatable bonds is 10. The normalized spacial score (nSPS) is 11.3. The summed E-state index contributed by atoms with van der Waals surface area (Å²) in [5, 5.41) is 9.44. The van der Waals surface area contributed by atoms with E-state index in [4.69, 9.17) is 4.99 Å². The van der Waals surface area contributed by atoms with Gasteiger partial charge in [-0.3, -0.25) is 4.79 Å². The van der Waals surface area contributed by atoms with Crippen molar-refractivity contribution in [2.45, 2.75) is 33.1 Å². The van der Waals surface area contributed by atoms with E-state index in [1.807, 2.05) is 48.5 Å². The first-order chi connectivity index (χ1) is 16.4. The molecule has 3 aromatic rings. The Hall–Kier alpha value is -3.18. The van der Waals surface area contributed by atoms with Gasteiger partial charge < -0.3 is 10.0 Å². The number of hydrogen-bond donors (Lipinski definition) is 1. The zero-order chi connectivity index (χ0) is 24.5. The number of carbonyl (C=O) groups is 1. The Bertz CT molecular complexity index is 1170. The maximum absolute atomic E-state index is 11.5. The molecule has 3 aromatic carbocycles. The van der Waals surface area contributed by atoms with Crippen molar-refractivity contribution in [2.75, 3.05) is 13.1 Å². The van der Waals surface area contributed by atoms with Crippen molar-refractivity contribution in [3.63, 3.8) is 0 Å². The average molecular weight is 519 g/mol. The predicted molar refractivity (Wildman–Crippen MR) is 144 cm³/mol. The fourth-order valence-electron chi connectivity index (χ4n) is 3.93. The number of amidine groups is 1. The molecule has 0 fully saturated rings. The first-order valence-corrected chi connectivity index (χ1v) is 12.3. The summed E-state index contributed by atoms with van der Waals surface area (Å²) in [6.07, 6.45) is 1.73. The summed E-state index contributed by atoms with van der Waals surface area (Å²) in [6.45, 7) is 9.51. The van der Waals surface area contributed by atoms with Gasteiger partial charge in [-0.05, 0) is 48.6 Å². The number of carboxylic acid groups (broad SMARTS) is 1. The average Bonchev–Trinajstić information content (AvgIpc) is 2.83. The van der Waals surface area contributed by atoms with Gasteiger partial charge in [0.1, 0.15) is 5.84 Å². The van der Waals surface area contributed by atoms with E-state index >= 15 is 0 Å². The van der Waals surface area contributed by atoms with Crippen LogP contribution in [-0.2, 0) is 17.6 Å². The highest BCUT2D eigenvalue weighted by Crippen LogP contribution is 2.23. The lowest BCUT2D eigenvalue weighted by atomic mass is 9.98. The second-order valence-corrected chi connectivity index (χ2v) is 9.12. The summed E-state index contributed by atoms with van der Waals surface area (Å²) in [6, 6.07) is 24.4. The first-order valence-electron chi connectivity index (χ1n) is 11.5. The highest BCUT2D eigenvalue weighted by Gasteiger charge is 2.19. The van der Waals surface area contributed by atoms with E-state index in [1.165, 1.54) is 11.1 Å². The fraction of sp³-hybridized carbons (Fsp3) is 0.241. The molecule has 34 heavy (non-hydrogen) atoms. The number of nitrogens with zero attached hydrogens (tertiary/aromatic N) is 2. The highest BCUT2D eigenvalue weighted by molar-refractivity contribution is 9.10. The monoisotopic (exact) mass is 518 g/mol. The van der Waals surface area contributed by atoms with Crippen LogP contribution >= 0.6 is 15.9 Å². The van der Waals surface area contributed by atoms with Crippen LogP contribution in [0.4, 0.5) is 0 Å². The molecule has 0 atom stereocenters. The predicted octanol–water partition coefficient (Wildman–Crippen LogP) is 6.76. The molecular weight excluding hydrogens is 488 g/mol. The Morgan fingerprint density at radius 1 is 1.03 bits per heavy atom. The Labute approximate surface area is 210 Å². The van der Waals surface area contributed by atoms with Gasteiger partial charge in [0.15, 0.2) is 0 Å². The molecule has 1 N–H and O–H groups in total. The standard InChI is InChI=1S/C29H31BrN2O2/c1-4-24-12-9-15-27(21(24)2)29(31-22(3)25-13-8-14-26(30)20-25)32(19-17-28(33)34)18-16-23-10-6-5-7-11-23/h5-15,20H,3-4,16-19H2,1-2H3,(H,33,34). The van der Waals surface area contributed by atoms with Gasteiger partial charge in [-0.25, -0.2) is 4.99 Å². The van der Waals surface area contributed by atoms with Crippen LogP contribution in [0, 0.1) is 6.92 Å². The molecule has 0 heterocycles. The van der Waals surface area contributed by atoms with Crippen LogP contribution in [-0.4, -0.2) is 34.9 Å². The summed E-state index contributed by atoms with van der Waals surface area (Å²) in [5.41, 5.74) is 6.17. The SMILES string of the molecule is C=C(N=C(c1cccc(CC)c1C)N(CCC(=O)O)CCc1ccccc1)c1cccc(Br)c1. The molecule has 0 aromatic heterocycles. The fourth-order valence-corrected chi connectivity index (χ4v) is 4.33. The Morgan fingerprint density at radius 3 is 2.44 bits per heavy atom. The smallest absolute Gasteiger partial charge is 0.305 e. The van der Waals surface area contributed by atoms with Crippen molar-refractivity contribution in [3.8, 4) is 0 Å². The van der Waals surface area contributed by atoms with Crippen LogP contribution in [0.25, 0.3) is 5.70 Å². The Kier molecular flexibility index (Phi) is 9.23. The van der Waals surface area contributed by atoms with Crippen LogP contribution in [0.2, 0.25) is 0 Å². The van der Waals surface area contributed by atoms with Crippen LogP contribution < -0.4 is 0 Å². The number of benzene rings is 3. The topological polar surface area (TPSA) is 52.9 Å². The van der Waals surface area contributed by atoms with Gasteiger partial charge in [0.2, 0.25) is 0 Å². The molecule has 0 saturated heterocycles. The molecule has 0 radical (unpaired) electrons. The maximum Gasteiger partial charge on any atom is 0.305 e. The van der Waals surface area contributed by atoms with E-state index in [2.05, 4.69) is 65.5 Å². The number of aliphatic imine (C=N–C) groups is 1. The van der Waals surface area contributed by atoms with Crippen LogP contribution in [0.15, 0.2) is 88.8 Å². The van der Waals surface area contributed by atoms with E-state index in [-0.39, 0.29) is 6.42 Å². The van der Waals surface area contributed by atoms with Crippen molar-refractivity contribution in [1.82, 2.24) is 4.90 Å². The molecule has 176 valence electrons. The van der Waals surface area contributed by atoms with Crippen molar-refractivity contribution < 1.29 is 9.90 Å². The molecular formula is C29H31BrN2O2. The molecule has 4 nitrogen and oxygen atoms in total. The molecule has 0 unspecified atom stereocenters. The molecule has 0 bridgehead atoms. The molecule has 5 heteroatoms. The minimum Gasteiger partial charge on any atom is -0.481 e. The van der Waals surface area contributed by atoms with Gasteiger partial charge in [-0.1, -0.05) is 90.1 Å². The van der Waals surface area contributed by atoms with Crippen molar-refractivity contribution in [3.05, 3.63) is 112 Å². The van der Waals surface area contributed by atoms with Gasteiger partial charge in [-0.15, -0.1) is 0 Å². The summed E-state index contributed by atoms with van der Waals surface area (Å²) in [4.78, 5) is 18.6. The molecule has 0 aliphatic carbocycles. The molecule has 3 rings (SSSR count). The maximum atomic E-state index is 11.5. The van der Waals surface area contributed by atoms with Gasteiger partial charge in [-0.2, -0.15) is 0 Å². The summed E-state index contributed by atoms with van der Waals surface area (Å²) >= 11 is 3.53. The van der Waals surface area contributed by atoms with Gasteiger partial charge >= 0.3 is 5.97 Å². The van der Waals surface area contributed by atoms with Crippen LogP contribution in [0.3, 0.4) is 0 Å². The van der Waals surface area contributed by atoms with Gasteiger partial charge in [0.25, 0.3) is 0 Å². The van der Waals surface area contributed by atoms with E-state index in [1.54, 1.807) is 0 Å². The minimum absolute atomic E-state index is 0.0314. The number of hydrogen-bond acceptors (Lipinski definition) is 2. The number of carboxylic acids is 1. The summed E-state index contributed by atoms with van der Waals surface area (Å²) in [7, 11) is 0. The largest absolute Gasteiger partial charge is 0.481 e. The zero-order valence-corrected chi connectivity index (χ0v) is 21.4. The molecule has 0 aliphatic heterocycles. The van der Waals surface area contributed by atoms with Crippen molar-refractivity contribution in [2.24, 2.45) is 4.99 Å². The highest BCUT2D eigenvalue weighted by atomic mass is 79.9. The second-order valence-electron chi connectivity index (χ2n) is 8.20.